The Morgan fingerprint density at radius 2 is 1.68 bits per heavy atom. The molecular formula is C34H38ClN3O6. The minimum atomic E-state index is -1.38. The number of unbranched alkanes of at least 4 members (excludes halogenated alkanes) is 1. The first-order chi connectivity index (χ1) is 21.2. The number of amides is 3. The van der Waals surface area contributed by atoms with E-state index < -0.39 is 29.1 Å². The Kier molecular flexibility index (Phi) is 8.07. The van der Waals surface area contributed by atoms with E-state index >= 15 is 0 Å². The molecular weight excluding hydrogens is 582 g/mol. The monoisotopic (exact) mass is 619 g/mol. The van der Waals surface area contributed by atoms with Crippen LogP contribution in [0.3, 0.4) is 0 Å². The number of aliphatic hydroxyl groups is 1. The summed E-state index contributed by atoms with van der Waals surface area (Å²) in [5.74, 6) is -1.96. The maximum absolute atomic E-state index is 14.7. The molecule has 4 aliphatic heterocycles. The van der Waals surface area contributed by atoms with Crippen LogP contribution in [0.25, 0.3) is 0 Å². The lowest BCUT2D eigenvalue weighted by Crippen LogP contribution is -2.56. The van der Waals surface area contributed by atoms with Gasteiger partial charge in [0, 0.05) is 31.9 Å². The standard InChI is InChI=1S/C34H38ClN3O6/c1-4-43-24-14-12-23(13-15-24)36-19-8-16-33(3)26(30(36)40)27-31(41)38(18-5-6-21-39)29-32(42)37(20-9-17-34(27,29)44-33)28-22(2)10-7-11-25(28)35/h7-17,26-27,29,39H,4-6,18-21H2,1-3H3/t26-,27+,29?,33+,34+/m1/s1. The van der Waals surface area contributed by atoms with Gasteiger partial charge in [-0.1, -0.05) is 48.0 Å². The highest BCUT2D eigenvalue weighted by atomic mass is 35.5. The van der Waals surface area contributed by atoms with Gasteiger partial charge in [-0.3, -0.25) is 14.4 Å². The average molecular weight is 620 g/mol. The number of carbonyl (C=O) groups excluding carboxylic acids is 3. The van der Waals surface area contributed by atoms with Crippen LogP contribution in [-0.2, 0) is 19.1 Å². The van der Waals surface area contributed by atoms with E-state index in [0.717, 1.165) is 5.56 Å². The third-order valence-corrected chi connectivity index (χ3v) is 9.59. The van der Waals surface area contributed by atoms with Gasteiger partial charge in [0.1, 0.15) is 17.4 Å². The second kappa shape index (κ2) is 11.7. The van der Waals surface area contributed by atoms with Gasteiger partial charge in [-0.05, 0) is 69.5 Å². The van der Waals surface area contributed by atoms with Crippen LogP contribution in [-0.4, -0.2) is 77.8 Å². The van der Waals surface area contributed by atoms with Crippen molar-refractivity contribution in [1.29, 1.82) is 0 Å². The fourth-order valence-corrected chi connectivity index (χ4v) is 7.77. The molecule has 2 fully saturated rings. The maximum Gasteiger partial charge on any atom is 0.253 e. The van der Waals surface area contributed by atoms with Crippen molar-refractivity contribution in [1.82, 2.24) is 4.90 Å². The summed E-state index contributed by atoms with van der Waals surface area (Å²) < 4.78 is 12.5. The molecule has 0 radical (unpaired) electrons. The van der Waals surface area contributed by atoms with Crippen molar-refractivity contribution in [2.24, 2.45) is 11.8 Å². The molecule has 44 heavy (non-hydrogen) atoms. The Balaban J connectivity index is 1.44. The van der Waals surface area contributed by atoms with Gasteiger partial charge in [-0.25, -0.2) is 0 Å². The van der Waals surface area contributed by atoms with Gasteiger partial charge in [0.05, 0.1) is 34.8 Å². The number of ether oxygens (including phenoxy) is 2. The molecule has 232 valence electrons. The maximum atomic E-state index is 14.7. The molecule has 1 spiro atoms. The molecule has 3 amide bonds. The average Bonchev–Trinajstić information content (AvgIpc) is 3.26. The van der Waals surface area contributed by atoms with E-state index in [4.69, 9.17) is 21.1 Å². The number of likely N-dealkylation sites (tertiary alicyclic amines) is 1. The smallest absolute Gasteiger partial charge is 0.253 e. The molecule has 9 nitrogen and oxygen atoms in total. The van der Waals surface area contributed by atoms with E-state index in [1.807, 2.05) is 81.5 Å². The van der Waals surface area contributed by atoms with Crippen molar-refractivity contribution in [3.05, 3.63) is 77.4 Å². The number of hydrogen-bond donors (Lipinski definition) is 1. The SMILES string of the molecule is CCOc1ccc(N2CC=C[C@]3(C)O[C@]45C=CCN(c6c(C)cccc6Cl)C(=O)C4N(CCCCO)C(=O)[C@@H]5[C@@H]3C2=O)cc1. The quantitative estimate of drug-likeness (QED) is 0.350. The van der Waals surface area contributed by atoms with Gasteiger partial charge in [0.25, 0.3) is 5.91 Å². The van der Waals surface area contributed by atoms with Gasteiger partial charge in [0.2, 0.25) is 11.8 Å². The number of hydrogen-bond acceptors (Lipinski definition) is 6. The lowest BCUT2D eigenvalue weighted by molar-refractivity contribution is -0.144. The highest BCUT2D eigenvalue weighted by Crippen LogP contribution is 2.58. The third-order valence-electron chi connectivity index (χ3n) is 9.28. The van der Waals surface area contributed by atoms with E-state index in [-0.39, 0.29) is 37.4 Å². The van der Waals surface area contributed by atoms with Crippen molar-refractivity contribution in [2.45, 2.75) is 50.9 Å². The number of para-hydroxylation sites is 1. The lowest BCUT2D eigenvalue weighted by atomic mass is 9.74. The molecule has 0 bridgehead atoms. The summed E-state index contributed by atoms with van der Waals surface area (Å²) >= 11 is 6.64. The Morgan fingerprint density at radius 3 is 2.39 bits per heavy atom. The Labute approximate surface area is 262 Å². The van der Waals surface area contributed by atoms with E-state index in [2.05, 4.69) is 0 Å². The number of benzene rings is 2. The number of rotatable bonds is 8. The van der Waals surface area contributed by atoms with E-state index in [1.54, 1.807) is 20.8 Å². The summed E-state index contributed by atoms with van der Waals surface area (Å²) in [7, 11) is 0. The van der Waals surface area contributed by atoms with Crippen LogP contribution in [0.5, 0.6) is 5.75 Å². The zero-order valence-electron chi connectivity index (χ0n) is 25.2. The molecule has 1 unspecified atom stereocenters. The van der Waals surface area contributed by atoms with Crippen LogP contribution in [0.2, 0.25) is 5.02 Å². The molecule has 0 aliphatic carbocycles. The van der Waals surface area contributed by atoms with Crippen LogP contribution < -0.4 is 14.5 Å². The number of carbonyl (C=O) groups is 3. The van der Waals surface area contributed by atoms with E-state index in [1.165, 1.54) is 0 Å². The first-order valence-corrected chi connectivity index (χ1v) is 15.6. The first kappa shape index (κ1) is 30.4. The van der Waals surface area contributed by atoms with E-state index in [9.17, 15) is 19.5 Å². The van der Waals surface area contributed by atoms with Crippen LogP contribution in [0.1, 0.15) is 32.3 Å². The molecule has 0 saturated carbocycles. The van der Waals surface area contributed by atoms with Gasteiger partial charge in [0.15, 0.2) is 0 Å². The second-order valence-corrected chi connectivity index (χ2v) is 12.4. The predicted molar refractivity (Wildman–Crippen MR) is 168 cm³/mol. The molecule has 10 heteroatoms. The topological polar surface area (TPSA) is 99.6 Å². The molecule has 0 aromatic heterocycles. The summed E-state index contributed by atoms with van der Waals surface area (Å²) in [5, 5.41) is 9.93. The molecule has 2 aromatic rings. The molecule has 4 heterocycles. The number of fused-ring (bicyclic) bond motifs is 2. The predicted octanol–water partition coefficient (Wildman–Crippen LogP) is 4.30. The summed E-state index contributed by atoms with van der Waals surface area (Å²) in [6, 6.07) is 11.8. The number of aliphatic hydroxyl groups excluding tert-OH is 1. The summed E-state index contributed by atoms with van der Waals surface area (Å²) in [5.41, 5.74) is -0.409. The molecule has 2 aromatic carbocycles. The fraction of sp³-hybridized carbons (Fsp3) is 0.441. The first-order valence-electron chi connectivity index (χ1n) is 15.2. The normalized spacial score (nSPS) is 29.4. The van der Waals surface area contributed by atoms with Crippen LogP contribution in [0.15, 0.2) is 66.8 Å². The highest BCUT2D eigenvalue weighted by Gasteiger charge is 2.74. The molecule has 5 atom stereocenters. The van der Waals surface area contributed by atoms with Crippen molar-refractivity contribution < 1.29 is 29.0 Å². The minimum Gasteiger partial charge on any atom is -0.494 e. The lowest BCUT2D eigenvalue weighted by Gasteiger charge is -2.37. The summed E-state index contributed by atoms with van der Waals surface area (Å²) in [6.07, 6.45) is 8.42. The fourth-order valence-electron chi connectivity index (χ4n) is 7.44. The zero-order chi connectivity index (χ0) is 31.2. The number of nitrogens with zero attached hydrogens (tertiary/aromatic N) is 3. The molecule has 6 rings (SSSR count). The minimum absolute atomic E-state index is 0.0302. The number of aryl methyl sites for hydroxylation is 1. The van der Waals surface area contributed by atoms with Crippen molar-refractivity contribution in [3.8, 4) is 5.75 Å². The summed E-state index contributed by atoms with van der Waals surface area (Å²) in [6.45, 7) is 6.94. The van der Waals surface area contributed by atoms with Crippen molar-refractivity contribution >= 4 is 40.7 Å². The van der Waals surface area contributed by atoms with Gasteiger partial charge >= 0.3 is 0 Å². The highest BCUT2D eigenvalue weighted by molar-refractivity contribution is 6.34. The van der Waals surface area contributed by atoms with Gasteiger partial charge < -0.3 is 29.3 Å². The van der Waals surface area contributed by atoms with Crippen LogP contribution in [0.4, 0.5) is 11.4 Å². The van der Waals surface area contributed by atoms with Crippen molar-refractivity contribution in [2.75, 3.05) is 42.6 Å². The summed E-state index contributed by atoms with van der Waals surface area (Å²) in [4.78, 5) is 48.6. The van der Waals surface area contributed by atoms with Crippen LogP contribution >= 0.6 is 11.6 Å². The third kappa shape index (κ3) is 4.73. The van der Waals surface area contributed by atoms with Crippen LogP contribution in [0, 0.1) is 18.8 Å². The zero-order valence-corrected chi connectivity index (χ0v) is 26.0. The molecule has 1 N–H and O–H groups in total. The number of halogens is 1. The molecule has 4 aliphatic rings. The Hall–Kier alpha value is -3.66. The Morgan fingerprint density at radius 1 is 0.955 bits per heavy atom. The molecule has 2 saturated heterocycles. The second-order valence-electron chi connectivity index (χ2n) is 12.0. The van der Waals surface area contributed by atoms with E-state index in [0.29, 0.717) is 48.1 Å². The number of anilines is 2. The van der Waals surface area contributed by atoms with Gasteiger partial charge in [-0.15, -0.1) is 0 Å². The largest absolute Gasteiger partial charge is 0.494 e. The Bertz CT molecular complexity index is 1510. The van der Waals surface area contributed by atoms with Gasteiger partial charge in [-0.2, -0.15) is 0 Å². The van der Waals surface area contributed by atoms with Crippen molar-refractivity contribution in [3.63, 3.8) is 0 Å².